The molecule has 0 unspecified atom stereocenters. The van der Waals surface area contributed by atoms with E-state index in [-0.39, 0.29) is 5.69 Å². The number of pyridine rings is 1. The van der Waals surface area contributed by atoms with Crippen LogP contribution in [0, 0.1) is 17.0 Å². The molecule has 0 N–H and O–H groups in total. The van der Waals surface area contributed by atoms with Crippen molar-refractivity contribution in [2.24, 2.45) is 0 Å². The summed E-state index contributed by atoms with van der Waals surface area (Å²) in [5, 5.41) is 10.9. The summed E-state index contributed by atoms with van der Waals surface area (Å²) in [4.78, 5) is 26.2. The van der Waals surface area contributed by atoms with Crippen molar-refractivity contribution in [3.63, 3.8) is 0 Å². The summed E-state index contributed by atoms with van der Waals surface area (Å²) in [6, 6.07) is 9.81. The lowest BCUT2D eigenvalue weighted by Gasteiger charge is -1.99. The summed E-state index contributed by atoms with van der Waals surface area (Å²) in [5.74, 6) is 0. The lowest BCUT2D eigenvalue weighted by Crippen LogP contribution is -1.93. The highest BCUT2D eigenvalue weighted by Crippen LogP contribution is 2.26. The van der Waals surface area contributed by atoms with Gasteiger partial charge in [-0.2, -0.15) is 0 Å². The Labute approximate surface area is 119 Å². The van der Waals surface area contributed by atoms with Gasteiger partial charge in [0.25, 0.3) is 5.69 Å². The van der Waals surface area contributed by atoms with Crippen molar-refractivity contribution in [3.05, 3.63) is 64.0 Å². The molecule has 3 aromatic rings. The van der Waals surface area contributed by atoms with Gasteiger partial charge in [-0.15, -0.1) is 0 Å². The third kappa shape index (κ3) is 2.16. The summed E-state index contributed by atoms with van der Waals surface area (Å²) in [6.45, 7) is 1.92. The van der Waals surface area contributed by atoms with Crippen LogP contribution in [0.4, 0.5) is 5.69 Å². The number of hydrogen-bond acceptors (Lipinski definition) is 4. The van der Waals surface area contributed by atoms with Gasteiger partial charge < -0.3 is 0 Å². The lowest BCUT2D eigenvalue weighted by atomic mass is 10.1. The van der Waals surface area contributed by atoms with Crippen LogP contribution in [0.2, 0.25) is 0 Å². The van der Waals surface area contributed by atoms with E-state index in [0.717, 1.165) is 5.56 Å². The Morgan fingerprint density at radius 1 is 1.29 bits per heavy atom. The molecule has 0 saturated heterocycles. The van der Waals surface area contributed by atoms with Crippen LogP contribution >= 0.6 is 0 Å². The molecule has 0 spiro atoms. The van der Waals surface area contributed by atoms with E-state index in [1.807, 2.05) is 25.3 Å². The van der Waals surface area contributed by atoms with Crippen molar-refractivity contribution in [1.82, 2.24) is 9.38 Å². The van der Waals surface area contributed by atoms with Crippen LogP contribution < -0.4 is 0 Å². The fourth-order valence-electron chi connectivity index (χ4n) is 2.26. The molecule has 104 valence electrons. The number of fused-ring (bicyclic) bond motifs is 1. The van der Waals surface area contributed by atoms with Crippen LogP contribution in [0.5, 0.6) is 0 Å². The first-order valence-electron chi connectivity index (χ1n) is 6.29. The van der Waals surface area contributed by atoms with Gasteiger partial charge in [0, 0.05) is 23.9 Å². The molecule has 0 radical (unpaired) electrons. The van der Waals surface area contributed by atoms with Crippen molar-refractivity contribution in [1.29, 1.82) is 0 Å². The molecule has 21 heavy (non-hydrogen) atoms. The van der Waals surface area contributed by atoms with Crippen molar-refractivity contribution in [2.45, 2.75) is 6.92 Å². The number of aromatic nitrogens is 2. The number of carbonyl (C=O) groups excluding carboxylic acids is 1. The van der Waals surface area contributed by atoms with Gasteiger partial charge in [0.2, 0.25) is 0 Å². The quantitative estimate of drug-likeness (QED) is 0.420. The van der Waals surface area contributed by atoms with Crippen molar-refractivity contribution < 1.29 is 9.72 Å². The molecular weight excluding hydrogens is 270 g/mol. The maximum absolute atomic E-state index is 11.4. The molecule has 2 aromatic heterocycles. The van der Waals surface area contributed by atoms with E-state index in [1.54, 1.807) is 16.5 Å². The average molecular weight is 281 g/mol. The number of imidazole rings is 1. The molecule has 2 heterocycles. The van der Waals surface area contributed by atoms with E-state index < -0.39 is 4.92 Å². The number of rotatable bonds is 3. The minimum Gasteiger partial charge on any atom is -0.296 e. The van der Waals surface area contributed by atoms with Crippen molar-refractivity contribution in [2.75, 3.05) is 0 Å². The number of nitro benzene ring substituents is 1. The van der Waals surface area contributed by atoms with Crippen LogP contribution in [-0.2, 0) is 0 Å². The van der Waals surface area contributed by atoms with Crippen LogP contribution in [0.3, 0.4) is 0 Å². The molecule has 1 aromatic carbocycles. The monoisotopic (exact) mass is 281 g/mol. The minimum atomic E-state index is -0.468. The number of nitro groups is 1. The molecule has 3 rings (SSSR count). The fraction of sp³-hybridized carbons (Fsp3) is 0.0667. The third-order valence-corrected chi connectivity index (χ3v) is 3.25. The molecule has 0 fully saturated rings. The van der Waals surface area contributed by atoms with Gasteiger partial charge in [-0.1, -0.05) is 18.2 Å². The first-order chi connectivity index (χ1) is 10.1. The third-order valence-electron chi connectivity index (χ3n) is 3.25. The van der Waals surface area contributed by atoms with Crippen LogP contribution in [-0.4, -0.2) is 20.6 Å². The molecule has 6 heteroatoms. The van der Waals surface area contributed by atoms with Gasteiger partial charge in [0.05, 0.1) is 4.92 Å². The Balaban J connectivity index is 2.27. The van der Waals surface area contributed by atoms with E-state index in [0.29, 0.717) is 28.9 Å². The second-order valence-electron chi connectivity index (χ2n) is 4.71. The number of nitrogens with zero attached hydrogens (tertiary/aromatic N) is 3. The number of aryl methyl sites for hydroxylation is 1. The highest BCUT2D eigenvalue weighted by atomic mass is 16.6. The largest absolute Gasteiger partial charge is 0.296 e. The van der Waals surface area contributed by atoms with Gasteiger partial charge >= 0.3 is 0 Å². The predicted octanol–water partition coefficient (Wildman–Crippen LogP) is 3.03. The van der Waals surface area contributed by atoms with E-state index in [2.05, 4.69) is 4.98 Å². The molecule has 0 aliphatic carbocycles. The lowest BCUT2D eigenvalue weighted by molar-refractivity contribution is -0.384. The Morgan fingerprint density at radius 2 is 2.10 bits per heavy atom. The number of non-ortho nitro benzene ring substituents is 1. The van der Waals surface area contributed by atoms with E-state index >= 15 is 0 Å². The van der Waals surface area contributed by atoms with Crippen LogP contribution in [0.25, 0.3) is 16.9 Å². The van der Waals surface area contributed by atoms with E-state index in [9.17, 15) is 14.9 Å². The normalized spacial score (nSPS) is 10.7. The minimum absolute atomic E-state index is 0.0300. The zero-order valence-corrected chi connectivity index (χ0v) is 11.2. The van der Waals surface area contributed by atoms with E-state index in [1.165, 1.54) is 12.1 Å². The molecule has 0 atom stereocenters. The number of carbonyl (C=O) groups is 1. The summed E-state index contributed by atoms with van der Waals surface area (Å²) in [5.41, 5.74) is 2.97. The van der Waals surface area contributed by atoms with Gasteiger partial charge in [-0.3, -0.25) is 19.3 Å². The Morgan fingerprint density at radius 3 is 2.81 bits per heavy atom. The van der Waals surface area contributed by atoms with Gasteiger partial charge in [-0.05, 0) is 18.6 Å². The molecule has 6 nitrogen and oxygen atoms in total. The maximum atomic E-state index is 11.4. The molecular formula is C15H11N3O3. The summed E-state index contributed by atoms with van der Waals surface area (Å²) in [7, 11) is 0. The maximum Gasteiger partial charge on any atom is 0.270 e. The SMILES string of the molecule is Cc1ccc2nc(-c3cccc([N+](=O)[O-])c3)c(C=O)n2c1. The topological polar surface area (TPSA) is 77.5 Å². The first-order valence-corrected chi connectivity index (χ1v) is 6.29. The summed E-state index contributed by atoms with van der Waals surface area (Å²) >= 11 is 0. The molecule has 0 saturated carbocycles. The number of benzene rings is 1. The van der Waals surface area contributed by atoms with Gasteiger partial charge in [-0.25, -0.2) is 4.98 Å². The van der Waals surface area contributed by atoms with Crippen LogP contribution in [0.15, 0.2) is 42.6 Å². The Hall–Kier alpha value is -3.02. The Kier molecular flexibility index (Phi) is 2.98. The highest BCUT2D eigenvalue weighted by Gasteiger charge is 2.15. The second kappa shape index (κ2) is 4.82. The predicted molar refractivity (Wildman–Crippen MR) is 77.4 cm³/mol. The zero-order chi connectivity index (χ0) is 15.0. The summed E-state index contributed by atoms with van der Waals surface area (Å²) in [6.07, 6.45) is 2.53. The molecule has 0 bridgehead atoms. The van der Waals surface area contributed by atoms with Gasteiger partial charge in [0.15, 0.2) is 6.29 Å². The van der Waals surface area contributed by atoms with Crippen molar-refractivity contribution in [3.8, 4) is 11.3 Å². The average Bonchev–Trinajstić information content (AvgIpc) is 2.85. The number of aldehydes is 1. The van der Waals surface area contributed by atoms with Crippen molar-refractivity contribution >= 4 is 17.6 Å². The smallest absolute Gasteiger partial charge is 0.270 e. The standard InChI is InChI=1S/C15H11N3O3/c1-10-5-6-14-16-15(13(9-19)17(14)8-10)11-3-2-4-12(7-11)18(20)21/h2-9H,1H3. The van der Waals surface area contributed by atoms with E-state index in [4.69, 9.17) is 0 Å². The molecule has 0 aliphatic rings. The summed E-state index contributed by atoms with van der Waals surface area (Å²) < 4.78 is 1.69. The zero-order valence-electron chi connectivity index (χ0n) is 11.2. The second-order valence-corrected chi connectivity index (χ2v) is 4.71. The van der Waals surface area contributed by atoms with Crippen LogP contribution in [0.1, 0.15) is 16.1 Å². The molecule has 0 aliphatic heterocycles. The van der Waals surface area contributed by atoms with Gasteiger partial charge in [0.1, 0.15) is 17.0 Å². The first kappa shape index (κ1) is 13.0. The fourth-order valence-corrected chi connectivity index (χ4v) is 2.26. The number of hydrogen-bond donors (Lipinski definition) is 0. The Bertz CT molecular complexity index is 868. The molecule has 0 amide bonds. The highest BCUT2D eigenvalue weighted by molar-refractivity contribution is 5.86.